The van der Waals surface area contributed by atoms with Gasteiger partial charge in [-0.1, -0.05) is 30.3 Å². The molecule has 3 N–H and O–H groups in total. The zero-order valence-corrected chi connectivity index (χ0v) is 18.8. The first-order valence-corrected chi connectivity index (χ1v) is 10.7. The molecule has 7 heteroatoms. The first kappa shape index (κ1) is 24.1. The Bertz CT molecular complexity index is 864. The lowest BCUT2D eigenvalue weighted by molar-refractivity contribution is -0.912. The lowest BCUT2D eigenvalue weighted by atomic mass is 10.0. The van der Waals surface area contributed by atoms with Crippen LogP contribution in [0.4, 0.5) is 11.4 Å². The van der Waals surface area contributed by atoms with Crippen LogP contribution in [0.5, 0.6) is 0 Å². The van der Waals surface area contributed by atoms with Crippen LogP contribution in [-0.2, 0) is 14.4 Å². The maximum atomic E-state index is 13.3. The van der Waals surface area contributed by atoms with Crippen LogP contribution in [-0.4, -0.2) is 48.8 Å². The van der Waals surface area contributed by atoms with Crippen molar-refractivity contribution in [2.24, 2.45) is 0 Å². The fourth-order valence-corrected chi connectivity index (χ4v) is 3.60. The molecule has 0 aromatic heterocycles. The molecule has 0 fully saturated rings. The Morgan fingerprint density at radius 2 is 1.42 bits per heavy atom. The van der Waals surface area contributed by atoms with Crippen LogP contribution in [0.1, 0.15) is 39.3 Å². The molecule has 0 spiro atoms. The monoisotopic (exact) mass is 425 g/mol. The highest BCUT2D eigenvalue weighted by Crippen LogP contribution is 2.15. The van der Waals surface area contributed by atoms with Gasteiger partial charge in [-0.05, 0) is 45.0 Å². The summed E-state index contributed by atoms with van der Waals surface area (Å²) in [5.41, 5.74) is 2.21. The molecule has 0 radical (unpaired) electrons. The molecule has 0 saturated heterocycles. The predicted octanol–water partition coefficient (Wildman–Crippen LogP) is 2.10. The minimum absolute atomic E-state index is 0.0283. The number of carbonyl (C=O) groups excluding carboxylic acids is 3. The van der Waals surface area contributed by atoms with E-state index in [0.29, 0.717) is 31.0 Å². The van der Waals surface area contributed by atoms with E-state index in [2.05, 4.69) is 10.6 Å². The molecule has 0 saturated carbocycles. The van der Waals surface area contributed by atoms with E-state index in [1.165, 1.54) is 6.92 Å². The van der Waals surface area contributed by atoms with Crippen LogP contribution in [0.15, 0.2) is 54.6 Å². The van der Waals surface area contributed by atoms with Crippen molar-refractivity contribution < 1.29 is 19.3 Å². The first-order chi connectivity index (χ1) is 14.9. The van der Waals surface area contributed by atoms with Crippen molar-refractivity contribution >= 4 is 29.1 Å². The molecule has 0 aliphatic heterocycles. The van der Waals surface area contributed by atoms with Crippen LogP contribution >= 0.6 is 0 Å². The third-order valence-corrected chi connectivity index (χ3v) is 5.19. The fourth-order valence-electron chi connectivity index (χ4n) is 3.60. The van der Waals surface area contributed by atoms with Gasteiger partial charge < -0.3 is 20.4 Å². The van der Waals surface area contributed by atoms with Crippen molar-refractivity contribution in [2.45, 2.75) is 33.7 Å². The standard InChI is InChI=1S/C24H32N4O3/c1-5-27(6-2)24(31)23(19-11-9-8-10-12-19)28(7-3)17-22(30)26-21-15-13-20(14-16-21)25-18(4)29/h8-16,23H,5-7,17H2,1-4H3,(H,25,29)(H,26,30)/p+1/t23-/m1/s1. The zero-order valence-electron chi connectivity index (χ0n) is 18.8. The largest absolute Gasteiger partial charge is 0.338 e. The molecule has 1 unspecified atom stereocenters. The minimum atomic E-state index is -0.445. The molecule has 0 aliphatic rings. The Kier molecular flexibility index (Phi) is 9.21. The number of amides is 3. The number of benzene rings is 2. The Labute approximate surface area is 184 Å². The summed E-state index contributed by atoms with van der Waals surface area (Å²) in [6.45, 7) is 9.40. The molecular formula is C24H33N4O3+. The molecule has 3 amide bonds. The summed E-state index contributed by atoms with van der Waals surface area (Å²) in [6, 6.07) is 16.2. The van der Waals surface area contributed by atoms with Crippen molar-refractivity contribution in [1.82, 2.24) is 4.90 Å². The van der Waals surface area contributed by atoms with Crippen molar-refractivity contribution in [1.29, 1.82) is 0 Å². The number of anilines is 2. The van der Waals surface area contributed by atoms with Crippen LogP contribution < -0.4 is 15.5 Å². The van der Waals surface area contributed by atoms with Gasteiger partial charge in [-0.2, -0.15) is 0 Å². The topological polar surface area (TPSA) is 83.0 Å². The van der Waals surface area contributed by atoms with Gasteiger partial charge in [-0.25, -0.2) is 0 Å². The molecule has 0 heterocycles. The quantitative estimate of drug-likeness (QED) is 0.545. The highest BCUT2D eigenvalue weighted by atomic mass is 16.2. The van der Waals surface area contributed by atoms with E-state index in [1.807, 2.05) is 56.0 Å². The summed E-state index contributed by atoms with van der Waals surface area (Å²) < 4.78 is 0. The Hall–Kier alpha value is -3.19. The van der Waals surface area contributed by atoms with Gasteiger partial charge in [0.15, 0.2) is 12.6 Å². The maximum absolute atomic E-state index is 13.3. The van der Waals surface area contributed by atoms with Crippen LogP contribution in [0.3, 0.4) is 0 Å². The van der Waals surface area contributed by atoms with Crippen LogP contribution in [0.25, 0.3) is 0 Å². The smallest absolute Gasteiger partial charge is 0.285 e. The normalized spacial score (nSPS) is 12.5. The third kappa shape index (κ3) is 6.93. The SMILES string of the molecule is CCN(CC)C(=O)[C@@H](c1ccccc1)[NH+](CC)CC(=O)Nc1ccc(NC(C)=O)cc1. The van der Waals surface area contributed by atoms with Gasteiger partial charge in [0, 0.05) is 37.0 Å². The Morgan fingerprint density at radius 1 is 0.871 bits per heavy atom. The number of hydrogen-bond donors (Lipinski definition) is 3. The lowest BCUT2D eigenvalue weighted by Crippen LogP contribution is -3.14. The molecule has 31 heavy (non-hydrogen) atoms. The van der Waals surface area contributed by atoms with Gasteiger partial charge >= 0.3 is 0 Å². The van der Waals surface area contributed by atoms with Crippen LogP contribution in [0, 0.1) is 0 Å². The predicted molar refractivity (Wildman–Crippen MR) is 123 cm³/mol. The number of hydrogen-bond acceptors (Lipinski definition) is 3. The second kappa shape index (κ2) is 11.9. The first-order valence-electron chi connectivity index (χ1n) is 10.7. The van der Waals surface area contributed by atoms with Crippen molar-refractivity contribution in [2.75, 3.05) is 36.8 Å². The summed E-state index contributed by atoms with van der Waals surface area (Å²) in [4.78, 5) is 39.9. The van der Waals surface area contributed by atoms with E-state index in [4.69, 9.17) is 0 Å². The summed E-state index contributed by atoms with van der Waals surface area (Å²) >= 11 is 0. The fraction of sp³-hybridized carbons (Fsp3) is 0.375. The summed E-state index contributed by atoms with van der Waals surface area (Å²) in [6.07, 6.45) is 0. The molecule has 166 valence electrons. The molecule has 2 aromatic carbocycles. The van der Waals surface area contributed by atoms with Crippen molar-refractivity contribution in [3.05, 3.63) is 60.2 Å². The average Bonchev–Trinajstić information content (AvgIpc) is 2.76. The number of quaternary nitrogens is 1. The van der Waals surface area contributed by atoms with Crippen LogP contribution in [0.2, 0.25) is 0 Å². The summed E-state index contributed by atoms with van der Waals surface area (Å²) in [7, 11) is 0. The van der Waals surface area contributed by atoms with E-state index in [9.17, 15) is 14.4 Å². The van der Waals surface area contributed by atoms with Gasteiger partial charge in [-0.3, -0.25) is 14.4 Å². The van der Waals surface area contributed by atoms with Gasteiger partial charge in [0.2, 0.25) is 5.91 Å². The Balaban J connectivity index is 2.17. The minimum Gasteiger partial charge on any atom is -0.338 e. The van der Waals surface area contributed by atoms with E-state index < -0.39 is 6.04 Å². The van der Waals surface area contributed by atoms with E-state index in [-0.39, 0.29) is 24.3 Å². The molecular weight excluding hydrogens is 392 g/mol. The van der Waals surface area contributed by atoms with E-state index >= 15 is 0 Å². The molecule has 7 nitrogen and oxygen atoms in total. The lowest BCUT2D eigenvalue weighted by Gasteiger charge is -2.30. The maximum Gasteiger partial charge on any atom is 0.285 e. The molecule has 0 bridgehead atoms. The summed E-state index contributed by atoms with van der Waals surface area (Å²) in [5, 5.41) is 5.59. The number of rotatable bonds is 10. The second-order valence-electron chi connectivity index (χ2n) is 7.35. The summed E-state index contributed by atoms with van der Waals surface area (Å²) in [5.74, 6) is -0.290. The molecule has 2 atom stereocenters. The zero-order chi connectivity index (χ0) is 22.8. The number of carbonyl (C=O) groups is 3. The molecule has 0 aliphatic carbocycles. The highest BCUT2D eigenvalue weighted by Gasteiger charge is 2.34. The number of nitrogens with zero attached hydrogens (tertiary/aromatic N) is 1. The molecule has 2 rings (SSSR count). The third-order valence-electron chi connectivity index (χ3n) is 5.19. The van der Waals surface area contributed by atoms with Gasteiger partial charge in [0.05, 0.1) is 6.54 Å². The number of likely N-dealkylation sites (N-methyl/N-ethyl adjacent to an activating group) is 2. The molecule has 2 aromatic rings. The van der Waals surface area contributed by atoms with Gasteiger partial charge in [-0.15, -0.1) is 0 Å². The van der Waals surface area contributed by atoms with Crippen molar-refractivity contribution in [3.63, 3.8) is 0 Å². The van der Waals surface area contributed by atoms with Gasteiger partial charge in [0.25, 0.3) is 11.8 Å². The Morgan fingerprint density at radius 3 is 1.90 bits per heavy atom. The van der Waals surface area contributed by atoms with Crippen molar-refractivity contribution in [3.8, 4) is 0 Å². The second-order valence-corrected chi connectivity index (χ2v) is 7.35. The average molecular weight is 426 g/mol. The highest BCUT2D eigenvalue weighted by molar-refractivity contribution is 5.93. The van der Waals surface area contributed by atoms with E-state index in [0.717, 1.165) is 10.5 Å². The van der Waals surface area contributed by atoms with Gasteiger partial charge in [0.1, 0.15) is 0 Å². The van der Waals surface area contributed by atoms with E-state index in [1.54, 1.807) is 24.3 Å². The number of nitrogens with one attached hydrogen (secondary N) is 3.